The molecular formula is C34H40ClNO4. The van der Waals surface area contributed by atoms with E-state index in [1.165, 1.54) is 12.8 Å². The van der Waals surface area contributed by atoms with Crippen molar-refractivity contribution in [2.75, 3.05) is 6.54 Å². The zero-order valence-corrected chi connectivity index (χ0v) is 24.4. The fourth-order valence-corrected chi connectivity index (χ4v) is 7.78. The molecule has 212 valence electrons. The van der Waals surface area contributed by atoms with Gasteiger partial charge in [-0.2, -0.15) is 0 Å². The summed E-state index contributed by atoms with van der Waals surface area (Å²) in [6, 6.07) is 23.9. The third-order valence-electron chi connectivity index (χ3n) is 10.1. The molecule has 0 aromatic heterocycles. The topological polar surface area (TPSA) is 62.9 Å². The Morgan fingerprint density at radius 2 is 1.52 bits per heavy atom. The first kappa shape index (κ1) is 27.6. The van der Waals surface area contributed by atoms with Crippen molar-refractivity contribution in [1.29, 1.82) is 0 Å². The molecule has 2 N–H and O–H groups in total. The SMILES string of the molecule is CC1(C)[C@@H]2CC[C@@]1(C)[C@@H]1O[C@@H](O[C@H](CN)c3cc(OCc4ccccc4)c(OCc4ccccc4)cc3Cl)C[C@H]21. The van der Waals surface area contributed by atoms with E-state index in [1.54, 1.807) is 0 Å². The third-order valence-corrected chi connectivity index (χ3v) is 10.4. The molecule has 3 aromatic rings. The van der Waals surface area contributed by atoms with Crippen LogP contribution in [0.15, 0.2) is 72.8 Å². The number of hydrogen-bond donors (Lipinski definition) is 1. The molecule has 6 rings (SSSR count). The summed E-state index contributed by atoms with van der Waals surface area (Å²) in [7, 11) is 0. The first-order valence-corrected chi connectivity index (χ1v) is 14.9. The number of hydrogen-bond acceptors (Lipinski definition) is 5. The van der Waals surface area contributed by atoms with Crippen LogP contribution in [-0.2, 0) is 22.7 Å². The average molecular weight is 562 g/mol. The summed E-state index contributed by atoms with van der Waals surface area (Å²) in [6.45, 7) is 8.34. The van der Waals surface area contributed by atoms with Crippen LogP contribution in [0.4, 0.5) is 0 Å². The standard InChI is InChI=1S/C34H40ClNO4/c1-33(2)26-14-15-34(33,3)32-24(26)17-31(40-32)39-30(19-36)25-16-28(37-20-22-10-6-4-7-11-22)29(18-27(25)35)38-21-23-12-8-5-9-13-23/h4-13,16,18,24,26,30-32H,14-15,17,19-21,36H2,1-3H3/t24-,26-,30-,31-,32-,34+/m1/s1. The minimum absolute atomic E-state index is 0.187. The van der Waals surface area contributed by atoms with Gasteiger partial charge in [-0.3, -0.25) is 0 Å². The van der Waals surface area contributed by atoms with Gasteiger partial charge in [0, 0.05) is 24.6 Å². The summed E-state index contributed by atoms with van der Waals surface area (Å²) in [5, 5.41) is 0.539. The maximum atomic E-state index is 6.86. The van der Waals surface area contributed by atoms with Crippen molar-refractivity contribution in [1.82, 2.24) is 0 Å². The molecule has 0 spiro atoms. The van der Waals surface area contributed by atoms with E-state index < -0.39 is 6.10 Å². The van der Waals surface area contributed by atoms with Crippen LogP contribution in [0.2, 0.25) is 5.02 Å². The van der Waals surface area contributed by atoms with E-state index in [-0.39, 0.29) is 24.4 Å². The molecule has 2 bridgehead atoms. The Kier molecular flexibility index (Phi) is 7.60. The molecule has 3 aliphatic rings. The van der Waals surface area contributed by atoms with Crippen LogP contribution in [-0.4, -0.2) is 18.9 Å². The second kappa shape index (κ2) is 11.0. The molecule has 2 saturated carbocycles. The summed E-state index contributed by atoms with van der Waals surface area (Å²) >= 11 is 6.86. The van der Waals surface area contributed by atoms with E-state index >= 15 is 0 Å². The maximum Gasteiger partial charge on any atom is 0.163 e. The summed E-state index contributed by atoms with van der Waals surface area (Å²) in [5.41, 5.74) is 9.68. The molecule has 0 unspecified atom stereocenters. The van der Waals surface area contributed by atoms with Gasteiger partial charge in [-0.15, -0.1) is 0 Å². The van der Waals surface area contributed by atoms with E-state index in [0.717, 1.165) is 23.1 Å². The van der Waals surface area contributed by atoms with Gasteiger partial charge in [0.05, 0.1) is 17.2 Å². The lowest BCUT2D eigenvalue weighted by Gasteiger charge is -2.39. The molecule has 1 saturated heterocycles. The minimum Gasteiger partial charge on any atom is -0.485 e. The normalized spacial score (nSPS) is 28.8. The van der Waals surface area contributed by atoms with Crippen molar-refractivity contribution >= 4 is 11.6 Å². The lowest BCUT2D eigenvalue weighted by Crippen LogP contribution is -2.38. The summed E-state index contributed by atoms with van der Waals surface area (Å²) in [6.07, 6.45) is 2.92. The van der Waals surface area contributed by atoms with Crippen LogP contribution >= 0.6 is 11.6 Å². The highest BCUT2D eigenvalue weighted by Gasteiger charge is 2.69. The fourth-order valence-electron chi connectivity index (χ4n) is 7.50. The predicted molar refractivity (Wildman–Crippen MR) is 157 cm³/mol. The Balaban J connectivity index is 1.22. The van der Waals surface area contributed by atoms with Crippen LogP contribution in [0.3, 0.4) is 0 Å². The van der Waals surface area contributed by atoms with Gasteiger partial charge < -0.3 is 24.7 Å². The van der Waals surface area contributed by atoms with Gasteiger partial charge in [0.2, 0.25) is 0 Å². The number of fused-ring (bicyclic) bond motifs is 5. The molecule has 0 amide bonds. The number of ether oxygens (including phenoxy) is 4. The van der Waals surface area contributed by atoms with Crippen molar-refractivity contribution in [3.63, 3.8) is 0 Å². The molecule has 1 aliphatic heterocycles. The van der Waals surface area contributed by atoms with E-state index in [4.69, 9.17) is 36.3 Å². The van der Waals surface area contributed by atoms with Crippen LogP contribution in [0.25, 0.3) is 0 Å². The third kappa shape index (κ3) is 4.92. The Morgan fingerprint density at radius 3 is 2.10 bits per heavy atom. The number of rotatable bonds is 10. The second-order valence-electron chi connectivity index (χ2n) is 12.4. The van der Waals surface area contributed by atoms with Crippen molar-refractivity contribution in [2.24, 2.45) is 28.4 Å². The fraction of sp³-hybridized carbons (Fsp3) is 0.471. The monoisotopic (exact) mass is 561 g/mol. The van der Waals surface area contributed by atoms with E-state index in [1.807, 2.05) is 72.8 Å². The van der Waals surface area contributed by atoms with Crippen LogP contribution < -0.4 is 15.2 Å². The Hall–Kier alpha value is -2.57. The van der Waals surface area contributed by atoms with Gasteiger partial charge in [-0.1, -0.05) is 93.0 Å². The van der Waals surface area contributed by atoms with Crippen LogP contribution in [0.1, 0.15) is 62.8 Å². The lowest BCUT2D eigenvalue weighted by atomic mass is 9.70. The van der Waals surface area contributed by atoms with Crippen LogP contribution in [0.5, 0.6) is 11.5 Å². The summed E-state index contributed by atoms with van der Waals surface area (Å²) < 4.78 is 25.7. The molecule has 3 fully saturated rings. The molecule has 0 radical (unpaired) electrons. The molecule has 6 atom stereocenters. The van der Waals surface area contributed by atoms with Crippen molar-refractivity contribution < 1.29 is 18.9 Å². The molecule has 1 heterocycles. The quantitative estimate of drug-likeness (QED) is 0.275. The molecule has 6 heteroatoms. The molecule has 2 aliphatic carbocycles. The highest BCUT2D eigenvalue weighted by molar-refractivity contribution is 6.31. The second-order valence-corrected chi connectivity index (χ2v) is 12.8. The first-order valence-electron chi connectivity index (χ1n) is 14.5. The smallest absolute Gasteiger partial charge is 0.163 e. The molecule has 3 aromatic carbocycles. The number of benzene rings is 3. The Bertz CT molecular complexity index is 1320. The van der Waals surface area contributed by atoms with E-state index in [9.17, 15) is 0 Å². The van der Waals surface area contributed by atoms with Gasteiger partial charge >= 0.3 is 0 Å². The summed E-state index contributed by atoms with van der Waals surface area (Å²) in [5.74, 6) is 2.40. The van der Waals surface area contributed by atoms with Crippen molar-refractivity contribution in [3.05, 3.63) is 94.5 Å². The van der Waals surface area contributed by atoms with Gasteiger partial charge in [0.15, 0.2) is 17.8 Å². The average Bonchev–Trinajstić information content (AvgIpc) is 3.54. The zero-order chi connectivity index (χ0) is 27.9. The van der Waals surface area contributed by atoms with E-state index in [2.05, 4.69) is 20.8 Å². The van der Waals surface area contributed by atoms with Gasteiger partial charge in [-0.05, 0) is 52.7 Å². The molecule has 40 heavy (non-hydrogen) atoms. The van der Waals surface area contributed by atoms with Crippen LogP contribution in [0, 0.1) is 22.7 Å². The Labute approximate surface area is 242 Å². The van der Waals surface area contributed by atoms with Crippen molar-refractivity contribution in [2.45, 2.75) is 71.7 Å². The minimum atomic E-state index is -0.419. The lowest BCUT2D eigenvalue weighted by molar-refractivity contribution is -0.185. The highest BCUT2D eigenvalue weighted by atomic mass is 35.5. The first-order chi connectivity index (χ1) is 19.3. The summed E-state index contributed by atoms with van der Waals surface area (Å²) in [4.78, 5) is 0. The zero-order valence-electron chi connectivity index (χ0n) is 23.6. The highest BCUT2D eigenvalue weighted by Crippen LogP contribution is 2.71. The van der Waals surface area contributed by atoms with Gasteiger partial charge in [0.25, 0.3) is 0 Å². The van der Waals surface area contributed by atoms with Gasteiger partial charge in [-0.25, -0.2) is 0 Å². The Morgan fingerprint density at radius 1 is 0.925 bits per heavy atom. The largest absolute Gasteiger partial charge is 0.485 e. The van der Waals surface area contributed by atoms with Crippen molar-refractivity contribution in [3.8, 4) is 11.5 Å². The number of halogens is 1. The van der Waals surface area contributed by atoms with Gasteiger partial charge in [0.1, 0.15) is 13.2 Å². The predicted octanol–water partition coefficient (Wildman–Crippen LogP) is 7.70. The molecular weight excluding hydrogens is 522 g/mol. The molecule has 5 nitrogen and oxygen atoms in total. The van der Waals surface area contributed by atoms with E-state index in [0.29, 0.717) is 47.0 Å². The maximum absolute atomic E-state index is 6.86. The number of nitrogens with two attached hydrogens (primary N) is 1.